The summed E-state index contributed by atoms with van der Waals surface area (Å²) in [5.74, 6) is 1.34. The quantitative estimate of drug-likeness (QED) is 0.183. The maximum absolute atomic E-state index is 13.7. The summed E-state index contributed by atoms with van der Waals surface area (Å²) >= 11 is 0. The molecule has 1 aromatic heterocycles. The van der Waals surface area contributed by atoms with Crippen molar-refractivity contribution in [1.29, 1.82) is 0 Å². The van der Waals surface area contributed by atoms with Crippen molar-refractivity contribution in [1.82, 2.24) is 15.1 Å². The van der Waals surface area contributed by atoms with Gasteiger partial charge in [-0.3, -0.25) is 10.1 Å². The largest absolute Gasteiger partial charge is 0.486 e. The molecule has 1 aliphatic rings. The molecule has 8 heteroatoms. The van der Waals surface area contributed by atoms with Gasteiger partial charge in [-0.1, -0.05) is 62.7 Å². The second-order valence-corrected chi connectivity index (χ2v) is 13.1. The Hall–Kier alpha value is -4.43. The van der Waals surface area contributed by atoms with Crippen LogP contribution >= 0.6 is 0 Å². The van der Waals surface area contributed by atoms with E-state index in [4.69, 9.17) is 9.84 Å². The SMILES string of the molecule is Cc1ccc(-n2nc(C(C)(C)C)cc2NC(=O)Nc2ccc(C(C(=O)COc3cccc(C)c3C)C3CCNCC3)cc2)cc1. The number of anilines is 2. The maximum atomic E-state index is 13.7. The molecule has 0 saturated carbocycles. The highest BCUT2D eigenvalue weighted by Crippen LogP contribution is 2.33. The molecule has 2 amide bonds. The lowest BCUT2D eigenvalue weighted by Crippen LogP contribution is -2.35. The van der Waals surface area contributed by atoms with Gasteiger partial charge in [0.05, 0.1) is 11.4 Å². The van der Waals surface area contributed by atoms with Crippen LogP contribution in [0.3, 0.4) is 0 Å². The molecule has 5 rings (SSSR count). The summed E-state index contributed by atoms with van der Waals surface area (Å²) in [5.41, 5.74) is 6.46. The van der Waals surface area contributed by atoms with Crippen LogP contribution in [0, 0.1) is 26.7 Å². The van der Waals surface area contributed by atoms with E-state index in [1.54, 1.807) is 4.68 Å². The minimum absolute atomic E-state index is 0.0204. The lowest BCUT2D eigenvalue weighted by atomic mass is 9.78. The van der Waals surface area contributed by atoms with Crippen LogP contribution in [0.1, 0.15) is 67.5 Å². The van der Waals surface area contributed by atoms with E-state index in [1.165, 1.54) is 0 Å². The van der Waals surface area contributed by atoms with Crippen LogP contribution in [0.4, 0.5) is 16.3 Å². The highest BCUT2D eigenvalue weighted by atomic mass is 16.5. The Morgan fingerprint density at radius 1 is 0.956 bits per heavy atom. The van der Waals surface area contributed by atoms with Gasteiger partial charge in [0, 0.05) is 23.1 Å². The lowest BCUT2D eigenvalue weighted by molar-refractivity contribution is -0.124. The minimum atomic E-state index is -0.371. The van der Waals surface area contributed by atoms with Gasteiger partial charge in [0.1, 0.15) is 18.2 Å². The topological polar surface area (TPSA) is 97.3 Å². The molecule has 1 fully saturated rings. The molecular weight excluding hydrogens is 562 g/mol. The van der Waals surface area contributed by atoms with Crippen molar-refractivity contribution >= 4 is 23.3 Å². The van der Waals surface area contributed by atoms with Crippen LogP contribution in [-0.2, 0) is 10.2 Å². The first-order chi connectivity index (χ1) is 21.5. The van der Waals surface area contributed by atoms with Gasteiger partial charge in [0.25, 0.3) is 0 Å². The molecule has 1 aliphatic heterocycles. The number of carbonyl (C=O) groups excluding carboxylic acids is 2. The zero-order chi connectivity index (χ0) is 32.1. The Balaban J connectivity index is 1.30. The number of ether oxygens (including phenoxy) is 1. The van der Waals surface area contributed by atoms with E-state index in [-0.39, 0.29) is 35.7 Å². The summed E-state index contributed by atoms with van der Waals surface area (Å²) in [6, 6.07) is 23.1. The van der Waals surface area contributed by atoms with Gasteiger partial charge in [-0.05, 0) is 99.6 Å². The van der Waals surface area contributed by atoms with Gasteiger partial charge in [-0.15, -0.1) is 0 Å². The first kappa shape index (κ1) is 32.0. The normalized spacial score (nSPS) is 14.5. The third-order valence-corrected chi connectivity index (χ3v) is 8.65. The molecule has 4 aromatic rings. The molecule has 1 unspecified atom stereocenters. The molecule has 3 aromatic carbocycles. The van der Waals surface area contributed by atoms with Crippen LogP contribution in [-0.4, -0.2) is 41.3 Å². The maximum Gasteiger partial charge on any atom is 0.324 e. The van der Waals surface area contributed by atoms with E-state index in [1.807, 2.05) is 93.6 Å². The number of rotatable bonds is 9. The molecule has 236 valence electrons. The molecule has 0 spiro atoms. The number of nitrogens with zero attached hydrogens (tertiary/aromatic N) is 2. The fourth-order valence-corrected chi connectivity index (χ4v) is 5.79. The molecule has 0 radical (unpaired) electrons. The summed E-state index contributed by atoms with van der Waals surface area (Å²) in [6.45, 7) is 14.2. The van der Waals surface area contributed by atoms with Gasteiger partial charge < -0.3 is 15.4 Å². The number of benzene rings is 3. The van der Waals surface area contributed by atoms with Crippen LogP contribution in [0.25, 0.3) is 5.69 Å². The number of amides is 2. The van der Waals surface area contributed by atoms with E-state index in [9.17, 15) is 9.59 Å². The predicted molar refractivity (Wildman–Crippen MR) is 181 cm³/mol. The molecule has 2 heterocycles. The van der Waals surface area contributed by atoms with Crippen LogP contribution < -0.4 is 20.7 Å². The molecule has 3 N–H and O–H groups in total. The summed E-state index contributed by atoms with van der Waals surface area (Å²) in [5, 5.41) is 14.1. The Kier molecular flexibility index (Phi) is 9.73. The van der Waals surface area contributed by atoms with E-state index < -0.39 is 0 Å². The van der Waals surface area contributed by atoms with Crippen molar-refractivity contribution in [3.05, 3.63) is 101 Å². The summed E-state index contributed by atoms with van der Waals surface area (Å²) in [6.07, 6.45) is 1.85. The van der Waals surface area contributed by atoms with Crippen molar-refractivity contribution < 1.29 is 14.3 Å². The van der Waals surface area contributed by atoms with Gasteiger partial charge in [-0.25, -0.2) is 9.48 Å². The first-order valence-electron chi connectivity index (χ1n) is 15.8. The molecule has 0 bridgehead atoms. The number of nitrogens with one attached hydrogen (secondary N) is 3. The van der Waals surface area contributed by atoms with Crippen LogP contribution in [0.15, 0.2) is 72.8 Å². The molecule has 1 atom stereocenters. The first-order valence-corrected chi connectivity index (χ1v) is 15.8. The van der Waals surface area contributed by atoms with Crippen molar-refractivity contribution in [3.8, 4) is 11.4 Å². The average Bonchev–Trinajstić information content (AvgIpc) is 3.44. The van der Waals surface area contributed by atoms with E-state index >= 15 is 0 Å². The fourth-order valence-electron chi connectivity index (χ4n) is 5.79. The lowest BCUT2D eigenvalue weighted by Gasteiger charge is -2.30. The molecular formula is C37H45N5O3. The Bertz CT molecular complexity index is 1630. The Labute approximate surface area is 266 Å². The number of aryl methyl sites for hydroxylation is 2. The number of ketones is 1. The minimum Gasteiger partial charge on any atom is -0.486 e. The third-order valence-electron chi connectivity index (χ3n) is 8.65. The second-order valence-electron chi connectivity index (χ2n) is 13.1. The van der Waals surface area contributed by atoms with Crippen molar-refractivity contribution in [2.75, 3.05) is 30.3 Å². The van der Waals surface area contributed by atoms with Crippen molar-refractivity contribution in [3.63, 3.8) is 0 Å². The third kappa shape index (κ3) is 7.81. The second kappa shape index (κ2) is 13.7. The van der Waals surface area contributed by atoms with Gasteiger partial charge >= 0.3 is 6.03 Å². The van der Waals surface area contributed by atoms with E-state index in [0.29, 0.717) is 11.5 Å². The number of urea groups is 1. The van der Waals surface area contributed by atoms with E-state index in [2.05, 4.69) is 36.7 Å². The van der Waals surface area contributed by atoms with Gasteiger partial charge in [0.2, 0.25) is 0 Å². The predicted octanol–water partition coefficient (Wildman–Crippen LogP) is 7.47. The van der Waals surface area contributed by atoms with Gasteiger partial charge in [0.15, 0.2) is 5.78 Å². The van der Waals surface area contributed by atoms with Crippen molar-refractivity contribution in [2.24, 2.45) is 5.92 Å². The fraction of sp³-hybridized carbons (Fsp3) is 0.378. The zero-order valence-electron chi connectivity index (χ0n) is 27.2. The molecule has 8 nitrogen and oxygen atoms in total. The van der Waals surface area contributed by atoms with Crippen LogP contribution in [0.5, 0.6) is 5.75 Å². The average molecular weight is 608 g/mol. The number of hydrogen-bond acceptors (Lipinski definition) is 5. The Morgan fingerprint density at radius 2 is 1.64 bits per heavy atom. The van der Waals surface area contributed by atoms with E-state index in [0.717, 1.165) is 65.3 Å². The van der Waals surface area contributed by atoms with Crippen LogP contribution in [0.2, 0.25) is 0 Å². The smallest absolute Gasteiger partial charge is 0.324 e. The molecule has 1 saturated heterocycles. The zero-order valence-corrected chi connectivity index (χ0v) is 27.2. The Morgan fingerprint density at radius 3 is 2.31 bits per heavy atom. The summed E-state index contributed by atoms with van der Waals surface area (Å²) in [7, 11) is 0. The standard InChI is InChI=1S/C37H45N5O3/c1-24-10-16-30(17-11-24)42-34(22-33(41-42)37(4,5)6)40-36(44)39-29-14-12-27(13-15-29)35(28-18-20-38-21-19-28)31(43)23-45-32-9-7-8-25(2)26(32)3/h7-17,22,28,35,38H,18-21,23H2,1-6H3,(H2,39,40,44). The van der Waals surface area contributed by atoms with Crippen molar-refractivity contribution in [2.45, 2.75) is 65.7 Å². The number of Topliss-reactive ketones (excluding diaryl/α,β-unsaturated/α-hetero) is 1. The number of carbonyl (C=O) groups is 2. The molecule has 45 heavy (non-hydrogen) atoms. The number of hydrogen-bond donors (Lipinski definition) is 3. The number of piperidine rings is 1. The summed E-state index contributed by atoms with van der Waals surface area (Å²) < 4.78 is 7.80. The monoisotopic (exact) mass is 607 g/mol. The van der Waals surface area contributed by atoms with Gasteiger partial charge in [-0.2, -0.15) is 5.10 Å². The highest BCUT2D eigenvalue weighted by Gasteiger charge is 2.31. The highest BCUT2D eigenvalue weighted by molar-refractivity contribution is 5.99. The summed E-state index contributed by atoms with van der Waals surface area (Å²) in [4.78, 5) is 26.9. The molecule has 0 aliphatic carbocycles. The number of aromatic nitrogens is 2.